The number of hydrogen-bond acceptors (Lipinski definition) is 2. The fraction of sp³-hybridized carbons (Fsp3) is 0.429. The largest absolute Gasteiger partial charge is 0.368 e. The van der Waals surface area contributed by atoms with Crippen LogP contribution in [0.25, 0.3) is 0 Å². The van der Waals surface area contributed by atoms with E-state index in [1.54, 1.807) is 13.8 Å². The standard InChI is InChI=1S/C7H10N2O2/c1-3-4(2)7(3,5(8)10)6(9)11/h1-2H3,(H2,8,10)(H2,9,11). The Morgan fingerprint density at radius 1 is 1.09 bits per heavy atom. The number of primary amides is 2. The molecule has 11 heavy (non-hydrogen) atoms. The molecule has 0 aromatic carbocycles. The third-order valence-electron chi connectivity index (χ3n) is 2.36. The average molecular weight is 154 g/mol. The molecule has 1 aliphatic rings. The van der Waals surface area contributed by atoms with E-state index < -0.39 is 17.2 Å². The van der Waals surface area contributed by atoms with E-state index in [0.717, 1.165) is 0 Å². The summed E-state index contributed by atoms with van der Waals surface area (Å²) in [6.07, 6.45) is 0. The average Bonchev–Trinajstić information content (AvgIpc) is 2.37. The lowest BCUT2D eigenvalue weighted by Gasteiger charge is -2.08. The predicted molar refractivity (Wildman–Crippen MR) is 39.2 cm³/mol. The van der Waals surface area contributed by atoms with Crippen molar-refractivity contribution >= 4 is 11.8 Å². The van der Waals surface area contributed by atoms with E-state index in [2.05, 4.69) is 0 Å². The first kappa shape index (κ1) is 7.78. The molecule has 0 aromatic heterocycles. The van der Waals surface area contributed by atoms with E-state index in [4.69, 9.17) is 11.5 Å². The van der Waals surface area contributed by atoms with Gasteiger partial charge in [-0.05, 0) is 25.0 Å². The number of rotatable bonds is 2. The normalized spacial score (nSPS) is 19.8. The zero-order valence-corrected chi connectivity index (χ0v) is 6.47. The van der Waals surface area contributed by atoms with Gasteiger partial charge in [-0.25, -0.2) is 0 Å². The summed E-state index contributed by atoms with van der Waals surface area (Å²) in [6, 6.07) is 0. The van der Waals surface area contributed by atoms with Crippen LogP contribution in [0.2, 0.25) is 0 Å². The molecule has 0 bridgehead atoms. The molecular formula is C7H10N2O2. The first-order valence-electron chi connectivity index (χ1n) is 3.24. The maximum atomic E-state index is 10.8. The van der Waals surface area contributed by atoms with Crippen LogP contribution < -0.4 is 11.5 Å². The summed E-state index contributed by atoms with van der Waals surface area (Å²) in [7, 11) is 0. The van der Waals surface area contributed by atoms with Gasteiger partial charge >= 0.3 is 0 Å². The Hall–Kier alpha value is -1.32. The fourth-order valence-electron chi connectivity index (χ4n) is 1.42. The molecule has 60 valence electrons. The molecule has 0 fully saturated rings. The van der Waals surface area contributed by atoms with Crippen LogP contribution in [0.15, 0.2) is 11.1 Å². The number of hydrogen-bond donors (Lipinski definition) is 2. The van der Waals surface area contributed by atoms with Gasteiger partial charge in [-0.2, -0.15) is 0 Å². The van der Waals surface area contributed by atoms with E-state index in [1.165, 1.54) is 0 Å². The van der Waals surface area contributed by atoms with Gasteiger partial charge in [-0.1, -0.05) is 0 Å². The molecule has 0 unspecified atom stereocenters. The second-order valence-corrected chi connectivity index (χ2v) is 2.73. The van der Waals surface area contributed by atoms with Crippen LogP contribution in [0.1, 0.15) is 13.8 Å². The third kappa shape index (κ3) is 0.636. The molecule has 1 rings (SSSR count). The van der Waals surface area contributed by atoms with Crippen molar-refractivity contribution in [3.8, 4) is 0 Å². The summed E-state index contributed by atoms with van der Waals surface area (Å²) in [4.78, 5) is 21.7. The molecular weight excluding hydrogens is 144 g/mol. The first-order chi connectivity index (χ1) is 4.95. The van der Waals surface area contributed by atoms with E-state index >= 15 is 0 Å². The quantitative estimate of drug-likeness (QED) is 0.406. The van der Waals surface area contributed by atoms with Crippen molar-refractivity contribution in [2.75, 3.05) is 0 Å². The van der Waals surface area contributed by atoms with Gasteiger partial charge in [0.25, 0.3) is 0 Å². The van der Waals surface area contributed by atoms with Crippen molar-refractivity contribution in [3.05, 3.63) is 11.1 Å². The van der Waals surface area contributed by atoms with Crippen molar-refractivity contribution < 1.29 is 9.59 Å². The lowest BCUT2D eigenvalue weighted by Crippen LogP contribution is -2.40. The Kier molecular flexibility index (Phi) is 1.30. The summed E-state index contributed by atoms with van der Waals surface area (Å²) in [5.41, 5.74) is 10.2. The third-order valence-corrected chi connectivity index (χ3v) is 2.36. The van der Waals surface area contributed by atoms with Gasteiger partial charge in [-0.15, -0.1) is 0 Å². The minimum Gasteiger partial charge on any atom is -0.368 e. The zero-order chi connectivity index (χ0) is 8.81. The van der Waals surface area contributed by atoms with Crippen molar-refractivity contribution in [2.24, 2.45) is 16.9 Å². The number of amides is 2. The fourth-order valence-corrected chi connectivity index (χ4v) is 1.42. The summed E-state index contributed by atoms with van der Waals surface area (Å²) in [5.74, 6) is -1.33. The van der Waals surface area contributed by atoms with Gasteiger partial charge in [0.2, 0.25) is 11.8 Å². The molecule has 4 N–H and O–H groups in total. The molecule has 2 amide bonds. The second-order valence-electron chi connectivity index (χ2n) is 2.73. The van der Waals surface area contributed by atoms with Crippen LogP contribution in [0.3, 0.4) is 0 Å². The van der Waals surface area contributed by atoms with Crippen LogP contribution in [0, 0.1) is 5.41 Å². The highest BCUT2D eigenvalue weighted by Gasteiger charge is 2.58. The Bertz CT molecular complexity index is 250. The van der Waals surface area contributed by atoms with Gasteiger partial charge in [0, 0.05) is 0 Å². The van der Waals surface area contributed by atoms with E-state index in [0.29, 0.717) is 11.1 Å². The summed E-state index contributed by atoms with van der Waals surface area (Å²) < 4.78 is 0. The summed E-state index contributed by atoms with van der Waals surface area (Å²) in [5, 5.41) is 0. The van der Waals surface area contributed by atoms with Crippen LogP contribution in [0.4, 0.5) is 0 Å². The molecule has 4 nitrogen and oxygen atoms in total. The Morgan fingerprint density at radius 3 is 1.36 bits per heavy atom. The highest BCUT2D eigenvalue weighted by atomic mass is 16.2. The van der Waals surface area contributed by atoms with Crippen molar-refractivity contribution in [2.45, 2.75) is 13.8 Å². The molecule has 1 aliphatic carbocycles. The molecule has 0 saturated carbocycles. The van der Waals surface area contributed by atoms with Crippen molar-refractivity contribution in [1.82, 2.24) is 0 Å². The van der Waals surface area contributed by atoms with Crippen LogP contribution >= 0.6 is 0 Å². The van der Waals surface area contributed by atoms with E-state index in [-0.39, 0.29) is 0 Å². The minimum absolute atomic E-state index is 0.667. The first-order valence-corrected chi connectivity index (χ1v) is 3.24. The highest BCUT2D eigenvalue weighted by Crippen LogP contribution is 2.51. The lowest BCUT2D eigenvalue weighted by molar-refractivity contribution is -0.132. The Morgan fingerprint density at radius 2 is 1.36 bits per heavy atom. The molecule has 4 heteroatoms. The molecule has 0 heterocycles. The second kappa shape index (κ2) is 1.84. The molecule has 0 atom stereocenters. The van der Waals surface area contributed by atoms with Gasteiger partial charge in [0.1, 0.15) is 0 Å². The molecule has 0 saturated heterocycles. The zero-order valence-electron chi connectivity index (χ0n) is 6.47. The number of carbonyl (C=O) groups excluding carboxylic acids is 2. The molecule has 0 radical (unpaired) electrons. The monoisotopic (exact) mass is 154 g/mol. The van der Waals surface area contributed by atoms with Gasteiger partial charge in [-0.3, -0.25) is 9.59 Å². The van der Waals surface area contributed by atoms with Crippen LogP contribution in [-0.2, 0) is 9.59 Å². The van der Waals surface area contributed by atoms with Crippen molar-refractivity contribution in [3.63, 3.8) is 0 Å². The maximum Gasteiger partial charge on any atom is 0.241 e. The summed E-state index contributed by atoms with van der Waals surface area (Å²) in [6.45, 7) is 3.37. The van der Waals surface area contributed by atoms with Crippen LogP contribution in [-0.4, -0.2) is 11.8 Å². The van der Waals surface area contributed by atoms with Crippen molar-refractivity contribution in [1.29, 1.82) is 0 Å². The van der Waals surface area contributed by atoms with Gasteiger partial charge < -0.3 is 11.5 Å². The van der Waals surface area contributed by atoms with Gasteiger partial charge in [0.05, 0.1) is 0 Å². The Balaban J connectivity index is 3.01. The highest BCUT2D eigenvalue weighted by molar-refractivity contribution is 6.15. The Labute approximate surface area is 64.2 Å². The molecule has 0 aromatic rings. The predicted octanol–water partition coefficient (Wildman–Crippen LogP) is -0.707. The smallest absolute Gasteiger partial charge is 0.241 e. The van der Waals surface area contributed by atoms with Crippen LogP contribution in [0.5, 0.6) is 0 Å². The van der Waals surface area contributed by atoms with E-state index in [9.17, 15) is 9.59 Å². The molecule has 0 spiro atoms. The number of nitrogens with two attached hydrogens (primary N) is 2. The minimum atomic E-state index is -1.22. The topological polar surface area (TPSA) is 86.2 Å². The van der Waals surface area contributed by atoms with Gasteiger partial charge in [0.15, 0.2) is 5.41 Å². The lowest BCUT2D eigenvalue weighted by atomic mass is 9.96. The van der Waals surface area contributed by atoms with E-state index in [1.807, 2.05) is 0 Å². The maximum absolute atomic E-state index is 10.8. The molecule has 0 aliphatic heterocycles. The summed E-state index contributed by atoms with van der Waals surface area (Å²) >= 11 is 0. The SMILES string of the molecule is CC1=C(C)C1(C(N)=O)C(N)=O. The number of carbonyl (C=O) groups is 2.